The number of carboxylic acids is 1. The second-order valence-corrected chi connectivity index (χ2v) is 12.6. The fraction of sp³-hybridized carbons (Fsp3) is 0.500. The van der Waals surface area contributed by atoms with Crippen LogP contribution < -0.4 is 5.32 Å². The number of nitrogens with one attached hydrogen (secondary N) is 1. The Morgan fingerprint density at radius 3 is 2.13 bits per heavy atom. The fourth-order valence-electron chi connectivity index (χ4n) is 3.78. The lowest BCUT2D eigenvalue weighted by molar-refractivity contribution is -0.153. The summed E-state index contributed by atoms with van der Waals surface area (Å²) in [6.45, 7) is 8.09. The maximum absolute atomic E-state index is 13.4. The summed E-state index contributed by atoms with van der Waals surface area (Å²) in [6.07, 6.45) is -0.600. The molecule has 0 radical (unpaired) electrons. The number of halogens is 1. The SMILES string of the molecule is CC(C)CCN(CC(O)[C@H](Cc1ccccc1)NC(=O)C(C)C(C)(C)C(=O)O)S(=O)(=O)c1ccc(F)cc1. The lowest BCUT2D eigenvalue weighted by atomic mass is 9.79. The minimum Gasteiger partial charge on any atom is -0.481 e. The summed E-state index contributed by atoms with van der Waals surface area (Å²) in [5.74, 6) is -3.01. The number of aliphatic hydroxyl groups excluding tert-OH is 1. The molecule has 0 spiro atoms. The fourth-order valence-corrected chi connectivity index (χ4v) is 5.25. The predicted molar refractivity (Wildman–Crippen MR) is 143 cm³/mol. The van der Waals surface area contributed by atoms with E-state index in [0.29, 0.717) is 6.42 Å². The molecular formula is C28H39FN2O6S. The molecule has 0 saturated heterocycles. The van der Waals surface area contributed by atoms with Crippen LogP contribution in [0.2, 0.25) is 0 Å². The molecule has 8 nitrogen and oxygen atoms in total. The third-order valence-electron chi connectivity index (χ3n) is 6.92. The number of hydrogen-bond donors (Lipinski definition) is 3. The Balaban J connectivity index is 2.37. The summed E-state index contributed by atoms with van der Waals surface area (Å²) < 4.78 is 41.5. The molecular weight excluding hydrogens is 511 g/mol. The molecule has 0 bridgehead atoms. The molecule has 0 aliphatic rings. The van der Waals surface area contributed by atoms with Crippen LogP contribution in [0.3, 0.4) is 0 Å². The third kappa shape index (κ3) is 8.34. The van der Waals surface area contributed by atoms with Crippen LogP contribution in [0.5, 0.6) is 0 Å². The smallest absolute Gasteiger partial charge is 0.309 e. The Bertz CT molecular complexity index is 1170. The van der Waals surface area contributed by atoms with Gasteiger partial charge in [-0.3, -0.25) is 9.59 Å². The van der Waals surface area contributed by atoms with Gasteiger partial charge >= 0.3 is 5.97 Å². The van der Waals surface area contributed by atoms with Gasteiger partial charge in [0.05, 0.1) is 28.4 Å². The van der Waals surface area contributed by atoms with Crippen molar-refractivity contribution in [2.45, 2.75) is 64.5 Å². The summed E-state index contributed by atoms with van der Waals surface area (Å²) in [7, 11) is -4.08. The van der Waals surface area contributed by atoms with Gasteiger partial charge in [-0.05, 0) is 62.4 Å². The van der Waals surface area contributed by atoms with E-state index in [2.05, 4.69) is 5.32 Å². The summed E-state index contributed by atoms with van der Waals surface area (Å²) in [5, 5.41) is 23.6. The molecule has 0 fully saturated rings. The van der Waals surface area contributed by atoms with E-state index in [1.54, 1.807) is 0 Å². The van der Waals surface area contributed by atoms with Gasteiger partial charge in [0.15, 0.2) is 0 Å². The van der Waals surface area contributed by atoms with E-state index >= 15 is 0 Å². The van der Waals surface area contributed by atoms with Gasteiger partial charge < -0.3 is 15.5 Å². The maximum Gasteiger partial charge on any atom is 0.309 e. The Labute approximate surface area is 224 Å². The second kappa shape index (κ2) is 13.3. The number of carbonyl (C=O) groups is 2. The van der Waals surface area contributed by atoms with Crippen molar-refractivity contribution in [1.82, 2.24) is 9.62 Å². The zero-order chi connectivity index (χ0) is 28.7. The molecule has 0 saturated carbocycles. The summed E-state index contributed by atoms with van der Waals surface area (Å²) in [5.41, 5.74) is -0.557. The van der Waals surface area contributed by atoms with E-state index in [1.165, 1.54) is 32.9 Å². The molecule has 3 N–H and O–H groups in total. The molecule has 0 aliphatic heterocycles. The number of benzene rings is 2. The van der Waals surface area contributed by atoms with Gasteiger partial charge in [-0.1, -0.05) is 51.1 Å². The zero-order valence-electron chi connectivity index (χ0n) is 22.6. The van der Waals surface area contributed by atoms with Gasteiger partial charge in [-0.15, -0.1) is 0 Å². The van der Waals surface area contributed by atoms with Crippen molar-refractivity contribution in [3.05, 3.63) is 66.0 Å². The van der Waals surface area contributed by atoms with Crippen molar-refractivity contribution in [3.63, 3.8) is 0 Å². The van der Waals surface area contributed by atoms with E-state index in [9.17, 15) is 32.6 Å². The van der Waals surface area contributed by atoms with Gasteiger partial charge in [0.25, 0.3) is 0 Å². The Morgan fingerprint density at radius 2 is 1.61 bits per heavy atom. The van der Waals surface area contributed by atoms with Crippen molar-refractivity contribution in [1.29, 1.82) is 0 Å². The van der Waals surface area contributed by atoms with Gasteiger partial charge in [0.1, 0.15) is 5.82 Å². The van der Waals surface area contributed by atoms with Crippen LogP contribution in [0.4, 0.5) is 4.39 Å². The first-order chi connectivity index (χ1) is 17.7. The molecule has 0 heterocycles. The van der Waals surface area contributed by atoms with Crippen molar-refractivity contribution in [3.8, 4) is 0 Å². The average molecular weight is 551 g/mol. The van der Waals surface area contributed by atoms with Crippen LogP contribution in [0, 0.1) is 23.1 Å². The van der Waals surface area contributed by atoms with Crippen molar-refractivity contribution < 1.29 is 32.6 Å². The topological polar surface area (TPSA) is 124 Å². The van der Waals surface area contributed by atoms with Crippen LogP contribution in [0.25, 0.3) is 0 Å². The van der Waals surface area contributed by atoms with Crippen LogP contribution in [-0.4, -0.2) is 60.0 Å². The number of rotatable bonds is 14. The van der Waals surface area contributed by atoms with Crippen molar-refractivity contribution in [2.75, 3.05) is 13.1 Å². The molecule has 2 aromatic carbocycles. The Kier molecular flexibility index (Phi) is 11.0. The van der Waals surface area contributed by atoms with Crippen molar-refractivity contribution >= 4 is 21.9 Å². The average Bonchev–Trinajstić information content (AvgIpc) is 2.85. The Hall–Kier alpha value is -2.82. The normalized spacial score (nSPS) is 14.8. The maximum atomic E-state index is 13.4. The van der Waals surface area contributed by atoms with Crippen molar-refractivity contribution in [2.24, 2.45) is 17.3 Å². The molecule has 210 valence electrons. The van der Waals surface area contributed by atoms with Gasteiger partial charge in [-0.2, -0.15) is 4.31 Å². The largest absolute Gasteiger partial charge is 0.481 e. The molecule has 3 atom stereocenters. The van der Waals surface area contributed by atoms with Crippen LogP contribution >= 0.6 is 0 Å². The first-order valence-corrected chi connectivity index (χ1v) is 14.1. The van der Waals surface area contributed by atoms with E-state index in [1.807, 2.05) is 44.2 Å². The second-order valence-electron chi connectivity index (χ2n) is 10.6. The number of hydrogen-bond acceptors (Lipinski definition) is 5. The molecule has 1 amide bonds. The highest BCUT2D eigenvalue weighted by molar-refractivity contribution is 7.89. The number of nitrogens with zero attached hydrogens (tertiary/aromatic N) is 1. The highest BCUT2D eigenvalue weighted by Gasteiger charge is 2.40. The van der Waals surface area contributed by atoms with E-state index < -0.39 is 51.2 Å². The summed E-state index contributed by atoms with van der Waals surface area (Å²) in [6, 6.07) is 12.7. The number of sulfonamides is 1. The van der Waals surface area contributed by atoms with Crippen LogP contribution in [-0.2, 0) is 26.0 Å². The van der Waals surface area contributed by atoms with Crippen LogP contribution in [0.1, 0.15) is 46.6 Å². The first kappa shape index (κ1) is 31.4. The molecule has 2 aromatic rings. The van der Waals surface area contributed by atoms with Gasteiger partial charge in [0, 0.05) is 13.1 Å². The first-order valence-electron chi connectivity index (χ1n) is 12.7. The minimum absolute atomic E-state index is 0.102. The lowest BCUT2D eigenvalue weighted by Gasteiger charge is -2.32. The minimum atomic E-state index is -4.08. The number of aliphatic carboxylic acids is 1. The van der Waals surface area contributed by atoms with Gasteiger partial charge in [0.2, 0.25) is 15.9 Å². The molecule has 0 aliphatic carbocycles. The number of carboxylic acid groups (broad SMARTS) is 1. The standard InChI is InChI=1S/C28H39FN2O6S/c1-19(2)15-16-31(38(36,37)23-13-11-22(29)12-14-23)18-25(32)24(17-21-9-7-6-8-10-21)30-26(33)20(3)28(4,5)27(34)35/h6-14,19-20,24-25,32H,15-18H2,1-5H3,(H,30,33)(H,34,35)/t20?,24-,25?/m0/s1. The molecule has 2 rings (SSSR count). The summed E-state index contributed by atoms with van der Waals surface area (Å²) >= 11 is 0. The quantitative estimate of drug-likeness (QED) is 0.330. The number of carbonyl (C=O) groups excluding carboxylic acids is 1. The third-order valence-corrected chi connectivity index (χ3v) is 8.79. The van der Waals surface area contributed by atoms with E-state index in [0.717, 1.165) is 22.0 Å². The number of aliphatic hydroxyl groups is 1. The molecule has 0 aromatic heterocycles. The summed E-state index contributed by atoms with van der Waals surface area (Å²) in [4.78, 5) is 24.7. The molecule has 10 heteroatoms. The lowest BCUT2D eigenvalue weighted by Crippen LogP contribution is -2.53. The predicted octanol–water partition coefficient (Wildman–Crippen LogP) is 3.70. The van der Waals surface area contributed by atoms with Crippen LogP contribution in [0.15, 0.2) is 59.5 Å². The number of amides is 1. The highest BCUT2D eigenvalue weighted by atomic mass is 32.2. The van der Waals surface area contributed by atoms with E-state index in [-0.39, 0.29) is 30.3 Å². The monoisotopic (exact) mass is 550 g/mol. The van der Waals surface area contributed by atoms with E-state index in [4.69, 9.17) is 0 Å². The van der Waals surface area contributed by atoms with Gasteiger partial charge in [-0.25, -0.2) is 12.8 Å². The molecule has 2 unspecified atom stereocenters. The Morgan fingerprint density at radius 1 is 1.03 bits per heavy atom. The highest BCUT2D eigenvalue weighted by Crippen LogP contribution is 2.27. The zero-order valence-corrected chi connectivity index (χ0v) is 23.4. The molecule has 38 heavy (non-hydrogen) atoms.